The van der Waals surface area contributed by atoms with E-state index >= 15 is 0 Å². The molecule has 10 heavy (non-hydrogen) atoms. The van der Waals surface area contributed by atoms with E-state index in [0.717, 1.165) is 12.3 Å². The molecular weight excluding hydrogens is 122 g/mol. The van der Waals surface area contributed by atoms with Gasteiger partial charge in [0, 0.05) is 0 Å². The summed E-state index contributed by atoms with van der Waals surface area (Å²) in [5.74, 6) is 0.739. The zero-order chi connectivity index (χ0) is 7.98. The monoisotopic (exact) mass is 139 g/mol. The third-order valence-electron chi connectivity index (χ3n) is 1.18. The number of hydrogen-bond acceptors (Lipinski definition) is 1. The summed E-state index contributed by atoms with van der Waals surface area (Å²) in [5, 5.41) is 2.96. The third-order valence-corrected chi connectivity index (χ3v) is 1.18. The van der Waals surface area contributed by atoms with Crippen molar-refractivity contribution in [2.45, 2.75) is 27.2 Å². The summed E-state index contributed by atoms with van der Waals surface area (Å²) in [6.45, 7) is 10.1. The minimum absolute atomic E-state index is 0.739. The predicted octanol–water partition coefficient (Wildman–Crippen LogP) is 2.67. The van der Waals surface area contributed by atoms with Gasteiger partial charge in [-0.2, -0.15) is 0 Å². The molecule has 0 saturated heterocycles. The fourth-order valence-corrected chi connectivity index (χ4v) is 0.904. The Labute approximate surface area is 63.8 Å². The summed E-state index contributed by atoms with van der Waals surface area (Å²) < 4.78 is 0. The third kappa shape index (κ3) is 5.42. The van der Waals surface area contributed by atoms with Crippen molar-refractivity contribution in [2.24, 2.45) is 5.92 Å². The van der Waals surface area contributed by atoms with Gasteiger partial charge in [0.2, 0.25) is 0 Å². The fraction of sp³-hybridized carbons (Fsp3) is 0.556. The maximum atomic E-state index is 3.56. The highest BCUT2D eigenvalue weighted by molar-refractivity contribution is 4.98. The Morgan fingerprint density at radius 3 is 2.60 bits per heavy atom. The average Bonchev–Trinajstić information content (AvgIpc) is 1.82. The Kier molecular flexibility index (Phi) is 4.73. The Balaban J connectivity index is 3.59. The maximum Gasteiger partial charge on any atom is -0.000654 e. The van der Waals surface area contributed by atoms with Crippen LogP contribution in [0.15, 0.2) is 24.6 Å². The van der Waals surface area contributed by atoms with Crippen molar-refractivity contribution in [3.8, 4) is 0 Å². The summed E-state index contributed by atoms with van der Waals surface area (Å²) in [5.41, 5.74) is 1.37. The Morgan fingerprint density at radius 2 is 2.20 bits per heavy atom. The molecule has 58 valence electrons. The van der Waals surface area contributed by atoms with E-state index in [4.69, 9.17) is 0 Å². The highest BCUT2D eigenvalue weighted by Gasteiger charge is 1.93. The smallest absolute Gasteiger partial charge is 0.000654 e. The normalized spacial score (nSPS) is 11.8. The summed E-state index contributed by atoms with van der Waals surface area (Å²) in [6.07, 6.45) is 4.83. The molecule has 0 aliphatic heterocycles. The van der Waals surface area contributed by atoms with Crippen molar-refractivity contribution in [1.82, 2.24) is 5.32 Å². The van der Waals surface area contributed by atoms with Crippen molar-refractivity contribution < 1.29 is 0 Å². The second-order valence-electron chi connectivity index (χ2n) is 2.96. The lowest BCUT2D eigenvalue weighted by Crippen LogP contribution is -1.95. The molecule has 1 N–H and O–H groups in total. The average molecular weight is 139 g/mol. The lowest BCUT2D eigenvalue weighted by Gasteiger charge is -2.03. The van der Waals surface area contributed by atoms with Crippen LogP contribution in [0.4, 0.5) is 0 Å². The van der Waals surface area contributed by atoms with Gasteiger partial charge in [-0.15, -0.1) is 0 Å². The predicted molar refractivity (Wildman–Crippen MR) is 46.5 cm³/mol. The topological polar surface area (TPSA) is 12.0 Å². The molecule has 0 bridgehead atoms. The van der Waals surface area contributed by atoms with E-state index in [1.807, 2.05) is 6.20 Å². The van der Waals surface area contributed by atoms with Crippen molar-refractivity contribution in [3.63, 3.8) is 0 Å². The second kappa shape index (κ2) is 5.10. The molecular formula is C9H17N. The van der Waals surface area contributed by atoms with Crippen LogP contribution in [0.1, 0.15) is 27.2 Å². The summed E-state index contributed by atoms with van der Waals surface area (Å²) in [7, 11) is 0. The van der Waals surface area contributed by atoms with E-state index in [1.165, 1.54) is 5.57 Å². The molecule has 0 atom stereocenters. The molecule has 0 aromatic carbocycles. The Hall–Kier alpha value is -0.720. The first-order chi connectivity index (χ1) is 4.66. The molecule has 0 amide bonds. The molecule has 0 saturated carbocycles. The molecule has 0 unspecified atom stereocenters. The second-order valence-corrected chi connectivity index (χ2v) is 2.96. The zero-order valence-corrected chi connectivity index (χ0v) is 7.15. The highest BCUT2D eigenvalue weighted by Crippen LogP contribution is 2.07. The molecule has 0 spiro atoms. The van der Waals surface area contributed by atoms with Crippen LogP contribution in [-0.2, 0) is 0 Å². The van der Waals surface area contributed by atoms with Gasteiger partial charge in [0.1, 0.15) is 0 Å². The van der Waals surface area contributed by atoms with Crippen LogP contribution in [-0.4, -0.2) is 0 Å². The van der Waals surface area contributed by atoms with E-state index in [2.05, 4.69) is 32.7 Å². The Bertz CT molecular complexity index is 123. The first kappa shape index (κ1) is 9.28. The minimum Gasteiger partial charge on any atom is -0.368 e. The fourth-order valence-electron chi connectivity index (χ4n) is 0.904. The SMILES string of the molecule is C=CN/C=C(/C)CC(C)C. The van der Waals surface area contributed by atoms with Crippen molar-refractivity contribution >= 4 is 0 Å². The van der Waals surface area contributed by atoms with E-state index < -0.39 is 0 Å². The van der Waals surface area contributed by atoms with Crippen molar-refractivity contribution in [3.05, 3.63) is 24.6 Å². The van der Waals surface area contributed by atoms with Crippen LogP contribution in [0.5, 0.6) is 0 Å². The largest absolute Gasteiger partial charge is 0.368 e. The van der Waals surface area contributed by atoms with Crippen LogP contribution in [0, 0.1) is 5.92 Å². The maximum absolute atomic E-state index is 3.56. The van der Waals surface area contributed by atoms with Crippen molar-refractivity contribution in [1.29, 1.82) is 0 Å². The van der Waals surface area contributed by atoms with Gasteiger partial charge in [-0.1, -0.05) is 26.0 Å². The van der Waals surface area contributed by atoms with E-state index in [1.54, 1.807) is 6.20 Å². The molecule has 0 aliphatic rings. The van der Waals surface area contributed by atoms with E-state index in [9.17, 15) is 0 Å². The summed E-state index contributed by atoms with van der Waals surface area (Å²) in [6, 6.07) is 0. The molecule has 0 aromatic rings. The van der Waals surface area contributed by atoms with Gasteiger partial charge in [0.05, 0.1) is 0 Å². The molecule has 0 aliphatic carbocycles. The van der Waals surface area contributed by atoms with Gasteiger partial charge in [0.15, 0.2) is 0 Å². The van der Waals surface area contributed by atoms with Crippen molar-refractivity contribution in [2.75, 3.05) is 0 Å². The lowest BCUT2D eigenvalue weighted by atomic mass is 10.1. The van der Waals surface area contributed by atoms with Crippen LogP contribution in [0.3, 0.4) is 0 Å². The number of rotatable bonds is 4. The molecule has 0 radical (unpaired) electrons. The number of nitrogens with one attached hydrogen (secondary N) is 1. The van der Waals surface area contributed by atoms with Crippen LogP contribution >= 0.6 is 0 Å². The van der Waals surface area contributed by atoms with Gasteiger partial charge in [0.25, 0.3) is 0 Å². The quantitative estimate of drug-likeness (QED) is 0.631. The first-order valence-electron chi connectivity index (χ1n) is 3.69. The van der Waals surface area contributed by atoms with Crippen LogP contribution < -0.4 is 5.32 Å². The molecule has 0 heterocycles. The van der Waals surface area contributed by atoms with Gasteiger partial charge in [-0.3, -0.25) is 0 Å². The number of allylic oxidation sites excluding steroid dienone is 1. The van der Waals surface area contributed by atoms with E-state index in [-0.39, 0.29) is 0 Å². The van der Waals surface area contributed by atoms with Crippen LogP contribution in [0.2, 0.25) is 0 Å². The zero-order valence-electron chi connectivity index (χ0n) is 7.15. The molecule has 1 heteroatoms. The van der Waals surface area contributed by atoms with E-state index in [0.29, 0.717) is 0 Å². The van der Waals surface area contributed by atoms with Gasteiger partial charge >= 0.3 is 0 Å². The molecule has 0 aromatic heterocycles. The molecule has 1 nitrogen and oxygen atoms in total. The molecule has 0 rings (SSSR count). The Morgan fingerprint density at radius 1 is 1.60 bits per heavy atom. The minimum atomic E-state index is 0.739. The van der Waals surface area contributed by atoms with Gasteiger partial charge in [-0.05, 0) is 31.7 Å². The van der Waals surface area contributed by atoms with Gasteiger partial charge < -0.3 is 5.32 Å². The number of hydrogen-bond donors (Lipinski definition) is 1. The lowest BCUT2D eigenvalue weighted by molar-refractivity contribution is 0.640. The summed E-state index contributed by atoms with van der Waals surface area (Å²) >= 11 is 0. The molecule has 0 fully saturated rings. The standard InChI is InChI=1S/C9H17N/c1-5-10-7-9(4)6-8(2)3/h5,7-8,10H,1,6H2,2-4H3/b9-7-. The van der Waals surface area contributed by atoms with Gasteiger partial charge in [-0.25, -0.2) is 0 Å². The first-order valence-corrected chi connectivity index (χ1v) is 3.69. The highest BCUT2D eigenvalue weighted by atomic mass is 14.8. The summed E-state index contributed by atoms with van der Waals surface area (Å²) in [4.78, 5) is 0. The van der Waals surface area contributed by atoms with Crippen LogP contribution in [0.25, 0.3) is 0 Å².